The molecule has 0 saturated carbocycles. The summed E-state index contributed by atoms with van der Waals surface area (Å²) in [6.45, 7) is 4.64. The lowest BCUT2D eigenvalue weighted by Gasteiger charge is -2.23. The van der Waals surface area contributed by atoms with Crippen LogP contribution in [0.1, 0.15) is 34.1 Å². The highest BCUT2D eigenvalue weighted by Crippen LogP contribution is 2.49. The van der Waals surface area contributed by atoms with Crippen LogP contribution in [0.2, 0.25) is 0 Å². The second-order valence-electron chi connectivity index (χ2n) is 11.4. The summed E-state index contributed by atoms with van der Waals surface area (Å²) < 4.78 is 64.3. The Balaban J connectivity index is 0.000000246. The quantitative estimate of drug-likeness (QED) is 0.0936. The van der Waals surface area contributed by atoms with Gasteiger partial charge in [-0.25, -0.2) is 9.13 Å². The maximum atomic E-state index is 12.0. The van der Waals surface area contributed by atoms with Crippen molar-refractivity contribution < 1.29 is 91.7 Å². The number of hydrogen-bond donors (Lipinski definition) is 9. The summed E-state index contributed by atoms with van der Waals surface area (Å²) in [5, 5.41) is 67.0. The lowest BCUT2D eigenvalue weighted by atomic mass is 10.1. The first kappa shape index (κ1) is 39.2. The molecule has 9 N–H and O–H groups in total. The molecule has 0 radical (unpaired) electrons. The third kappa shape index (κ3) is 10.4. The summed E-state index contributed by atoms with van der Waals surface area (Å²) in [7, 11) is -9.10. The van der Waals surface area contributed by atoms with Crippen molar-refractivity contribution in [2.24, 2.45) is 0 Å². The Hall–Kier alpha value is -0.220. The van der Waals surface area contributed by atoms with Gasteiger partial charge in [-0.3, -0.25) is 18.1 Å². The molecule has 21 heteroatoms. The number of ether oxygens (including phenoxy) is 4. The molecule has 19 nitrogen and oxygen atoms in total. The van der Waals surface area contributed by atoms with Crippen molar-refractivity contribution in [3.8, 4) is 0 Å². The second kappa shape index (κ2) is 16.5. The Kier molecular flexibility index (Phi) is 14.3. The topological polar surface area (TPSA) is 290 Å². The van der Waals surface area contributed by atoms with E-state index < -0.39 is 121 Å². The van der Waals surface area contributed by atoms with Crippen LogP contribution in [0.3, 0.4) is 0 Å². The smallest absolute Gasteiger partial charge is 0.394 e. The minimum atomic E-state index is -4.60. The van der Waals surface area contributed by atoms with Gasteiger partial charge in [-0.2, -0.15) is 0 Å². The van der Waals surface area contributed by atoms with Crippen molar-refractivity contribution in [1.29, 1.82) is 0 Å². The second-order valence-corrected chi connectivity index (χ2v) is 14.2. The monoisotopic (exact) mass is 700 g/mol. The molecular weight excluding hydrogens is 654 g/mol. The van der Waals surface area contributed by atoms with E-state index in [0.717, 1.165) is 0 Å². The molecule has 4 fully saturated rings. The minimum Gasteiger partial charge on any atom is -0.394 e. The van der Waals surface area contributed by atoms with Crippen molar-refractivity contribution in [2.45, 2.75) is 126 Å². The van der Waals surface area contributed by atoms with E-state index in [1.54, 1.807) is 20.8 Å². The third-order valence-electron chi connectivity index (χ3n) is 7.83. The maximum Gasteiger partial charge on any atom is 0.472 e. The summed E-state index contributed by atoms with van der Waals surface area (Å²) in [6, 6.07) is 0. The molecule has 0 amide bonds. The fraction of sp³-hybridized carbons (Fsp3) is 1.00. The van der Waals surface area contributed by atoms with E-state index in [2.05, 4.69) is 0 Å². The molecule has 4 saturated heterocycles. The van der Waals surface area contributed by atoms with Crippen LogP contribution in [0.4, 0.5) is 0 Å². The van der Waals surface area contributed by atoms with Crippen molar-refractivity contribution >= 4 is 15.6 Å². The van der Waals surface area contributed by atoms with Gasteiger partial charge in [0.2, 0.25) is 0 Å². The van der Waals surface area contributed by atoms with Gasteiger partial charge < -0.3 is 64.5 Å². The van der Waals surface area contributed by atoms with Gasteiger partial charge in [0.15, 0.2) is 0 Å². The predicted octanol–water partition coefficient (Wildman–Crippen LogP) is -2.69. The van der Waals surface area contributed by atoms with Crippen molar-refractivity contribution in [3.05, 3.63) is 0 Å². The molecule has 0 spiro atoms. The standard InChI is InChI=1S/C12H23O10P.C12H23O9P/c1-5-9(14)11(16)8(21-5)4-19-23(17,18)22-12-7(3-13)20-6(2)10(12)15;1-6-3-8(14)10(19-6)5-18-22(16,17)21-12-9(4-13)20-7(2)11(12)15/h5-16H,3-4H2,1-2H3,(H,17,18);6-15H,3-5H2,1-2H3,(H,16,17)/t5-,6-,7+,8+,9-,10-,11+,12+;6-,7-,8-,9+,10+,11-,12+/m00/s1. The van der Waals surface area contributed by atoms with Crippen LogP contribution in [0.5, 0.6) is 0 Å². The SMILES string of the molecule is C[C@@H]1O[C@H](CO)[C@@H](OP(=O)(O)OC[C@H]2O[C@@H](C)C[C@@H]2O)[C@H]1O.C[C@@H]1O[C@H](COP(=O)(O)O[C@H]2[C@@H](O)[C@H](C)O[C@@H]2CO)[C@@H](O)[C@H]1O. The van der Waals surface area contributed by atoms with Gasteiger partial charge in [0.25, 0.3) is 0 Å². The largest absolute Gasteiger partial charge is 0.472 e. The van der Waals surface area contributed by atoms with E-state index in [4.69, 9.17) is 47.3 Å². The van der Waals surface area contributed by atoms with E-state index >= 15 is 0 Å². The first-order valence-corrected chi connectivity index (χ1v) is 17.4. The lowest BCUT2D eigenvalue weighted by Crippen LogP contribution is -2.36. The Morgan fingerprint density at radius 2 is 1.00 bits per heavy atom. The summed E-state index contributed by atoms with van der Waals surface area (Å²) >= 11 is 0. The third-order valence-corrected chi connectivity index (χ3v) is 9.80. The van der Waals surface area contributed by atoms with Gasteiger partial charge in [-0.1, -0.05) is 0 Å². The van der Waals surface area contributed by atoms with Crippen molar-refractivity contribution in [1.82, 2.24) is 0 Å². The van der Waals surface area contributed by atoms with Crippen LogP contribution < -0.4 is 0 Å². The van der Waals surface area contributed by atoms with E-state index in [0.29, 0.717) is 6.42 Å². The molecule has 266 valence electrons. The highest BCUT2D eigenvalue weighted by molar-refractivity contribution is 7.47. The molecule has 2 unspecified atom stereocenters. The zero-order chi connectivity index (χ0) is 33.9. The van der Waals surface area contributed by atoms with Crippen LogP contribution in [-0.4, -0.2) is 164 Å². The highest BCUT2D eigenvalue weighted by atomic mass is 31.2. The van der Waals surface area contributed by atoms with Crippen molar-refractivity contribution in [2.75, 3.05) is 26.4 Å². The summed E-state index contributed by atoms with van der Waals surface area (Å²) in [6.07, 6.45) is -13.2. The molecule has 4 rings (SSSR count). The fourth-order valence-electron chi connectivity index (χ4n) is 5.26. The molecule has 0 aliphatic carbocycles. The number of hydrogen-bond acceptors (Lipinski definition) is 17. The lowest BCUT2D eigenvalue weighted by molar-refractivity contribution is -0.0375. The number of phosphoric ester groups is 2. The molecule has 0 bridgehead atoms. The molecule has 4 aliphatic rings. The predicted molar refractivity (Wildman–Crippen MR) is 147 cm³/mol. The molecule has 0 aromatic heterocycles. The first-order valence-electron chi connectivity index (χ1n) is 14.4. The molecule has 4 aliphatic heterocycles. The van der Waals surface area contributed by atoms with E-state index in [9.17, 15) is 44.4 Å². The van der Waals surface area contributed by atoms with Gasteiger partial charge in [0.05, 0.1) is 56.9 Å². The zero-order valence-electron chi connectivity index (χ0n) is 25.2. The van der Waals surface area contributed by atoms with Gasteiger partial charge in [-0.15, -0.1) is 0 Å². The fourth-order valence-corrected chi connectivity index (χ4v) is 7.19. The highest BCUT2D eigenvalue weighted by Gasteiger charge is 2.48. The van der Waals surface area contributed by atoms with Crippen LogP contribution in [0, 0.1) is 0 Å². The van der Waals surface area contributed by atoms with E-state index in [-0.39, 0.29) is 12.7 Å². The minimum absolute atomic E-state index is 0.160. The zero-order valence-corrected chi connectivity index (χ0v) is 27.0. The molecule has 0 aromatic rings. The van der Waals surface area contributed by atoms with Gasteiger partial charge in [0, 0.05) is 6.42 Å². The van der Waals surface area contributed by atoms with E-state index in [1.165, 1.54) is 6.92 Å². The molecule has 45 heavy (non-hydrogen) atoms. The normalized spacial score (nSPS) is 46.0. The maximum absolute atomic E-state index is 12.0. The average molecular weight is 701 g/mol. The molecular formula is C24H46O19P2. The van der Waals surface area contributed by atoms with Gasteiger partial charge in [-0.05, 0) is 27.7 Å². The number of aliphatic hydroxyl groups excluding tert-OH is 7. The Morgan fingerprint density at radius 3 is 1.36 bits per heavy atom. The van der Waals surface area contributed by atoms with Crippen LogP contribution in [-0.2, 0) is 46.2 Å². The molecule has 4 heterocycles. The van der Waals surface area contributed by atoms with E-state index in [1.807, 2.05) is 0 Å². The molecule has 0 aromatic carbocycles. The van der Waals surface area contributed by atoms with Crippen LogP contribution in [0.15, 0.2) is 0 Å². The molecule has 17 atom stereocenters. The number of rotatable bonds is 12. The van der Waals surface area contributed by atoms with Crippen LogP contribution in [0.25, 0.3) is 0 Å². The Bertz CT molecular complexity index is 1020. The summed E-state index contributed by atoms with van der Waals surface area (Å²) in [5.41, 5.74) is 0. The van der Waals surface area contributed by atoms with Crippen LogP contribution >= 0.6 is 15.6 Å². The van der Waals surface area contributed by atoms with Gasteiger partial charge >= 0.3 is 15.6 Å². The summed E-state index contributed by atoms with van der Waals surface area (Å²) in [4.78, 5) is 19.5. The van der Waals surface area contributed by atoms with Gasteiger partial charge in [0.1, 0.15) is 61.0 Å². The Morgan fingerprint density at radius 1 is 0.600 bits per heavy atom. The average Bonchev–Trinajstić information content (AvgIpc) is 3.62. The summed E-state index contributed by atoms with van der Waals surface area (Å²) in [5.74, 6) is 0. The number of phosphoric acid groups is 2. The van der Waals surface area contributed by atoms with Crippen molar-refractivity contribution in [3.63, 3.8) is 0 Å². The number of aliphatic hydroxyl groups is 7. The first-order chi connectivity index (χ1) is 20.9. The Labute approximate surface area is 259 Å².